The molecule has 2 fully saturated rings. The molecule has 0 aromatic carbocycles. The quantitative estimate of drug-likeness (QED) is 0.859. The first kappa shape index (κ1) is 16.7. The van der Waals surface area contributed by atoms with Crippen LogP contribution >= 0.6 is 0 Å². The van der Waals surface area contributed by atoms with Crippen LogP contribution in [0.2, 0.25) is 0 Å². The SMILES string of the molecule is CO[C@@H]1C[C@H]2CN(c3ccc(C(=O)O)cn3)C[C@H]2C[C@H]1NC(C)=O. The lowest BCUT2D eigenvalue weighted by Gasteiger charge is -2.37. The standard InChI is InChI=1S/C17H23N3O4/c1-10(21)19-14-5-12-8-20(9-13(12)6-15(14)24-2)16-4-3-11(7-18-16)17(22)23/h3-4,7,12-15H,5-6,8-9H2,1-2H3,(H,19,21)(H,22,23)/t12-,13+,14-,15-/m1/s1. The monoisotopic (exact) mass is 333 g/mol. The summed E-state index contributed by atoms with van der Waals surface area (Å²) in [7, 11) is 1.69. The highest BCUT2D eigenvalue weighted by Gasteiger charge is 2.43. The van der Waals surface area contributed by atoms with Gasteiger partial charge in [0.15, 0.2) is 0 Å². The zero-order valence-electron chi connectivity index (χ0n) is 13.9. The molecule has 130 valence electrons. The number of carboxylic acids is 1. The van der Waals surface area contributed by atoms with E-state index >= 15 is 0 Å². The van der Waals surface area contributed by atoms with Gasteiger partial charge in [-0.3, -0.25) is 4.79 Å². The second kappa shape index (κ2) is 6.76. The number of ether oxygens (including phenoxy) is 1. The molecule has 1 aromatic heterocycles. The molecular formula is C17H23N3O4. The third-order valence-electron chi connectivity index (χ3n) is 5.13. The van der Waals surface area contributed by atoms with Gasteiger partial charge in [-0.25, -0.2) is 9.78 Å². The van der Waals surface area contributed by atoms with Crippen LogP contribution in [0.15, 0.2) is 18.3 Å². The maximum atomic E-state index is 11.4. The number of nitrogens with one attached hydrogen (secondary N) is 1. The lowest BCUT2D eigenvalue weighted by atomic mass is 9.77. The first-order chi connectivity index (χ1) is 11.5. The molecule has 0 bridgehead atoms. The average molecular weight is 333 g/mol. The number of amides is 1. The molecule has 1 saturated carbocycles. The van der Waals surface area contributed by atoms with E-state index in [2.05, 4.69) is 15.2 Å². The number of rotatable bonds is 4. The second-order valence-electron chi connectivity index (χ2n) is 6.69. The molecular weight excluding hydrogens is 310 g/mol. The van der Waals surface area contributed by atoms with Crippen molar-refractivity contribution in [3.63, 3.8) is 0 Å². The van der Waals surface area contributed by atoms with E-state index in [0.717, 1.165) is 31.7 Å². The molecule has 4 atom stereocenters. The normalized spacial score (nSPS) is 29.2. The van der Waals surface area contributed by atoms with E-state index in [1.165, 1.54) is 13.1 Å². The van der Waals surface area contributed by atoms with Crippen molar-refractivity contribution in [2.45, 2.75) is 31.9 Å². The molecule has 0 unspecified atom stereocenters. The molecule has 1 saturated heterocycles. The molecule has 3 rings (SSSR count). The van der Waals surface area contributed by atoms with E-state index in [9.17, 15) is 9.59 Å². The minimum absolute atomic E-state index is 0.0266. The van der Waals surface area contributed by atoms with Crippen LogP contribution < -0.4 is 10.2 Å². The molecule has 7 heteroatoms. The Morgan fingerprint density at radius 2 is 2.00 bits per heavy atom. The number of hydrogen-bond acceptors (Lipinski definition) is 5. The Kier molecular flexibility index (Phi) is 4.71. The minimum Gasteiger partial charge on any atom is -0.478 e. The van der Waals surface area contributed by atoms with Gasteiger partial charge in [0.25, 0.3) is 0 Å². The van der Waals surface area contributed by atoms with Crippen molar-refractivity contribution in [2.24, 2.45) is 11.8 Å². The van der Waals surface area contributed by atoms with E-state index in [-0.39, 0.29) is 23.6 Å². The number of nitrogens with zero attached hydrogens (tertiary/aromatic N) is 2. The lowest BCUT2D eigenvalue weighted by molar-refractivity contribution is -0.121. The van der Waals surface area contributed by atoms with Crippen LogP contribution in [0, 0.1) is 11.8 Å². The minimum atomic E-state index is -0.967. The summed E-state index contributed by atoms with van der Waals surface area (Å²) in [5, 5.41) is 12.0. The molecule has 0 spiro atoms. The van der Waals surface area contributed by atoms with Gasteiger partial charge < -0.3 is 20.1 Å². The van der Waals surface area contributed by atoms with Crippen molar-refractivity contribution >= 4 is 17.7 Å². The molecule has 2 heterocycles. The number of carbonyl (C=O) groups is 2. The highest BCUT2D eigenvalue weighted by Crippen LogP contribution is 2.38. The zero-order valence-corrected chi connectivity index (χ0v) is 13.9. The van der Waals surface area contributed by atoms with Gasteiger partial charge in [0.05, 0.1) is 17.7 Å². The molecule has 1 aliphatic carbocycles. The first-order valence-corrected chi connectivity index (χ1v) is 8.22. The van der Waals surface area contributed by atoms with Crippen molar-refractivity contribution < 1.29 is 19.4 Å². The van der Waals surface area contributed by atoms with Crippen molar-refractivity contribution in [3.8, 4) is 0 Å². The predicted molar refractivity (Wildman–Crippen MR) is 88.0 cm³/mol. The summed E-state index contributed by atoms with van der Waals surface area (Å²) >= 11 is 0. The maximum Gasteiger partial charge on any atom is 0.337 e. The summed E-state index contributed by atoms with van der Waals surface area (Å²) in [5.74, 6) is 0.793. The third kappa shape index (κ3) is 3.36. The van der Waals surface area contributed by atoms with Gasteiger partial charge >= 0.3 is 5.97 Å². The molecule has 1 aromatic rings. The van der Waals surface area contributed by atoms with E-state index < -0.39 is 5.97 Å². The van der Waals surface area contributed by atoms with Crippen molar-refractivity contribution in [1.82, 2.24) is 10.3 Å². The highest BCUT2D eigenvalue weighted by atomic mass is 16.5. The number of fused-ring (bicyclic) bond motifs is 1. The van der Waals surface area contributed by atoms with Gasteiger partial charge in [0.1, 0.15) is 5.82 Å². The van der Waals surface area contributed by atoms with Gasteiger partial charge in [-0.15, -0.1) is 0 Å². The summed E-state index contributed by atoms with van der Waals surface area (Å²) in [5.41, 5.74) is 0.195. The molecule has 2 aliphatic rings. The number of methoxy groups -OCH3 is 1. The van der Waals surface area contributed by atoms with Crippen LogP contribution in [0.25, 0.3) is 0 Å². The fourth-order valence-corrected chi connectivity index (χ4v) is 3.97. The second-order valence-corrected chi connectivity index (χ2v) is 6.69. The van der Waals surface area contributed by atoms with Crippen molar-refractivity contribution in [3.05, 3.63) is 23.9 Å². The van der Waals surface area contributed by atoms with Crippen LogP contribution in [-0.2, 0) is 9.53 Å². The summed E-state index contributed by atoms with van der Waals surface area (Å²) in [6, 6.07) is 3.40. The zero-order chi connectivity index (χ0) is 17.3. The summed E-state index contributed by atoms with van der Waals surface area (Å²) in [4.78, 5) is 28.8. The summed E-state index contributed by atoms with van der Waals surface area (Å²) < 4.78 is 5.58. The number of carboxylic acid groups (broad SMARTS) is 1. The fraction of sp³-hybridized carbons (Fsp3) is 0.588. The molecule has 2 N–H and O–H groups in total. The number of aromatic nitrogens is 1. The molecule has 1 amide bonds. The van der Waals surface area contributed by atoms with Crippen molar-refractivity contribution in [1.29, 1.82) is 0 Å². The number of hydrogen-bond donors (Lipinski definition) is 2. The van der Waals surface area contributed by atoms with Crippen LogP contribution in [0.3, 0.4) is 0 Å². The third-order valence-corrected chi connectivity index (χ3v) is 5.13. The summed E-state index contributed by atoms with van der Waals surface area (Å²) in [6.45, 7) is 3.29. The Morgan fingerprint density at radius 1 is 1.29 bits per heavy atom. The maximum absolute atomic E-state index is 11.4. The Labute approximate surface area is 141 Å². The Balaban J connectivity index is 1.69. The molecule has 24 heavy (non-hydrogen) atoms. The van der Waals surface area contributed by atoms with Gasteiger partial charge in [-0.1, -0.05) is 0 Å². The topological polar surface area (TPSA) is 91.8 Å². The molecule has 0 radical (unpaired) electrons. The molecule has 1 aliphatic heterocycles. The van der Waals surface area contributed by atoms with Crippen LogP contribution in [0.5, 0.6) is 0 Å². The lowest BCUT2D eigenvalue weighted by Crippen LogP contribution is -2.49. The van der Waals surface area contributed by atoms with E-state index in [0.29, 0.717) is 11.8 Å². The smallest absolute Gasteiger partial charge is 0.337 e. The van der Waals surface area contributed by atoms with Crippen LogP contribution in [0.4, 0.5) is 5.82 Å². The average Bonchev–Trinajstić information content (AvgIpc) is 2.96. The van der Waals surface area contributed by atoms with Crippen LogP contribution in [0.1, 0.15) is 30.1 Å². The number of anilines is 1. The van der Waals surface area contributed by atoms with Crippen molar-refractivity contribution in [2.75, 3.05) is 25.1 Å². The van der Waals surface area contributed by atoms with E-state index in [1.54, 1.807) is 19.2 Å². The largest absolute Gasteiger partial charge is 0.478 e. The Bertz CT molecular complexity index is 619. The van der Waals surface area contributed by atoms with Gasteiger partial charge in [-0.2, -0.15) is 0 Å². The molecule has 7 nitrogen and oxygen atoms in total. The van der Waals surface area contributed by atoms with Gasteiger partial charge in [0, 0.05) is 33.3 Å². The Morgan fingerprint density at radius 3 is 2.54 bits per heavy atom. The van der Waals surface area contributed by atoms with Gasteiger partial charge in [0.2, 0.25) is 5.91 Å². The number of carbonyl (C=O) groups excluding carboxylic acids is 1. The number of pyridine rings is 1. The Hall–Kier alpha value is -2.15. The first-order valence-electron chi connectivity index (χ1n) is 8.22. The number of aromatic carboxylic acids is 1. The van der Waals surface area contributed by atoms with E-state index in [4.69, 9.17) is 9.84 Å². The van der Waals surface area contributed by atoms with E-state index in [1.807, 2.05) is 0 Å². The fourth-order valence-electron chi connectivity index (χ4n) is 3.97. The predicted octanol–water partition coefficient (Wildman–Crippen LogP) is 1.15. The highest BCUT2D eigenvalue weighted by molar-refractivity contribution is 5.87. The summed E-state index contributed by atoms with van der Waals surface area (Å²) in [6.07, 6.45) is 3.25. The van der Waals surface area contributed by atoms with Crippen LogP contribution in [-0.4, -0.2) is 54.3 Å². The van der Waals surface area contributed by atoms with Gasteiger partial charge in [-0.05, 0) is 36.8 Å².